The second-order valence-corrected chi connectivity index (χ2v) is 5.05. The minimum absolute atomic E-state index is 0.186. The molecule has 1 aromatic heterocycles. The Morgan fingerprint density at radius 2 is 1.94 bits per heavy atom. The highest BCUT2D eigenvalue weighted by molar-refractivity contribution is 7.10. The van der Waals surface area contributed by atoms with Gasteiger partial charge < -0.3 is 15.2 Å². The summed E-state index contributed by atoms with van der Waals surface area (Å²) in [7, 11) is 3.32. The van der Waals surface area contributed by atoms with Crippen molar-refractivity contribution in [2.45, 2.75) is 13.0 Å². The number of methoxy groups -OCH3 is 2. The molecule has 0 aliphatic rings. The Kier molecular flexibility index (Phi) is 3.89. The number of benzene rings is 1. The summed E-state index contributed by atoms with van der Waals surface area (Å²) in [5.74, 6) is 1.66. The Morgan fingerprint density at radius 3 is 2.56 bits per heavy atom. The van der Waals surface area contributed by atoms with Crippen molar-refractivity contribution >= 4 is 11.3 Å². The summed E-state index contributed by atoms with van der Waals surface area (Å²) in [6, 6.07) is 7.82. The van der Waals surface area contributed by atoms with Gasteiger partial charge in [0.1, 0.15) is 11.5 Å². The van der Waals surface area contributed by atoms with Gasteiger partial charge in [0.15, 0.2) is 0 Å². The fourth-order valence-corrected chi connectivity index (χ4v) is 2.73. The van der Waals surface area contributed by atoms with Crippen LogP contribution in [-0.2, 0) is 0 Å². The first kappa shape index (κ1) is 12.9. The number of rotatable bonds is 4. The number of thiophene rings is 1. The Bertz CT molecular complexity index is 536. The van der Waals surface area contributed by atoms with E-state index in [0.29, 0.717) is 0 Å². The lowest BCUT2D eigenvalue weighted by Crippen LogP contribution is -2.11. The summed E-state index contributed by atoms with van der Waals surface area (Å²) in [5.41, 5.74) is 8.48. The largest absolute Gasteiger partial charge is 0.496 e. The molecule has 2 N–H and O–H groups in total. The van der Waals surface area contributed by atoms with Crippen LogP contribution in [0.1, 0.15) is 22.0 Å². The number of aryl methyl sites for hydroxylation is 1. The molecule has 0 fully saturated rings. The molecule has 18 heavy (non-hydrogen) atoms. The third-order valence-corrected chi connectivity index (χ3v) is 3.85. The highest BCUT2D eigenvalue weighted by Gasteiger charge is 2.16. The molecule has 2 rings (SSSR count). The van der Waals surface area contributed by atoms with Crippen LogP contribution >= 0.6 is 11.3 Å². The van der Waals surface area contributed by atoms with Crippen LogP contribution in [0.25, 0.3) is 0 Å². The smallest absolute Gasteiger partial charge is 0.129 e. The van der Waals surface area contributed by atoms with E-state index in [1.807, 2.05) is 30.5 Å². The van der Waals surface area contributed by atoms with Gasteiger partial charge in [0, 0.05) is 15.8 Å². The molecule has 0 aliphatic heterocycles. The molecule has 0 amide bonds. The molecule has 4 heteroatoms. The van der Waals surface area contributed by atoms with E-state index in [4.69, 9.17) is 15.2 Å². The molecule has 0 saturated carbocycles. The Morgan fingerprint density at radius 1 is 1.17 bits per heavy atom. The van der Waals surface area contributed by atoms with E-state index in [1.165, 1.54) is 5.56 Å². The zero-order valence-corrected chi connectivity index (χ0v) is 11.6. The van der Waals surface area contributed by atoms with E-state index in [1.54, 1.807) is 25.6 Å². The van der Waals surface area contributed by atoms with E-state index < -0.39 is 0 Å². The van der Waals surface area contributed by atoms with Gasteiger partial charge in [-0.3, -0.25) is 0 Å². The molecule has 2 aromatic rings. The molecular formula is C14H17NO2S. The molecule has 0 spiro atoms. The Hall–Kier alpha value is -1.52. The summed E-state index contributed by atoms with van der Waals surface area (Å²) >= 11 is 1.60. The van der Waals surface area contributed by atoms with Crippen LogP contribution in [0.2, 0.25) is 0 Å². The van der Waals surface area contributed by atoms with Gasteiger partial charge in [-0.05, 0) is 19.1 Å². The molecule has 1 heterocycles. The van der Waals surface area contributed by atoms with Gasteiger partial charge in [-0.2, -0.15) is 0 Å². The minimum Gasteiger partial charge on any atom is -0.496 e. The van der Waals surface area contributed by atoms with Gasteiger partial charge in [-0.25, -0.2) is 0 Å². The summed E-state index contributed by atoms with van der Waals surface area (Å²) < 4.78 is 10.6. The molecular weight excluding hydrogens is 246 g/mol. The lowest BCUT2D eigenvalue weighted by Gasteiger charge is -2.15. The Labute approximate surface area is 111 Å². The number of hydrogen-bond acceptors (Lipinski definition) is 4. The van der Waals surface area contributed by atoms with Gasteiger partial charge in [0.2, 0.25) is 0 Å². The summed E-state index contributed by atoms with van der Waals surface area (Å²) in [4.78, 5) is 1.07. The fourth-order valence-electron chi connectivity index (χ4n) is 1.85. The zero-order valence-electron chi connectivity index (χ0n) is 10.8. The van der Waals surface area contributed by atoms with Gasteiger partial charge >= 0.3 is 0 Å². The number of hydrogen-bond donors (Lipinski definition) is 1. The molecule has 0 radical (unpaired) electrons. The summed E-state index contributed by atoms with van der Waals surface area (Å²) in [6.45, 7) is 2.05. The van der Waals surface area contributed by atoms with Crippen molar-refractivity contribution < 1.29 is 9.47 Å². The SMILES string of the molecule is COc1csc(C(N)c2cc(C)ccc2OC)c1. The molecule has 3 nitrogen and oxygen atoms in total. The normalized spacial score (nSPS) is 12.2. The van der Waals surface area contributed by atoms with E-state index in [9.17, 15) is 0 Å². The number of ether oxygens (including phenoxy) is 2. The van der Waals surface area contributed by atoms with Crippen molar-refractivity contribution in [3.63, 3.8) is 0 Å². The third-order valence-electron chi connectivity index (χ3n) is 2.86. The average molecular weight is 263 g/mol. The van der Waals surface area contributed by atoms with Gasteiger partial charge in [-0.15, -0.1) is 11.3 Å². The average Bonchev–Trinajstić information content (AvgIpc) is 2.86. The van der Waals surface area contributed by atoms with Crippen LogP contribution < -0.4 is 15.2 Å². The second kappa shape index (κ2) is 5.42. The van der Waals surface area contributed by atoms with E-state index >= 15 is 0 Å². The molecule has 0 saturated heterocycles. The molecule has 1 atom stereocenters. The summed E-state index contributed by atoms with van der Waals surface area (Å²) in [5, 5.41) is 1.96. The quantitative estimate of drug-likeness (QED) is 0.921. The second-order valence-electron chi connectivity index (χ2n) is 4.11. The van der Waals surface area contributed by atoms with E-state index in [2.05, 4.69) is 6.07 Å². The maximum absolute atomic E-state index is 6.30. The highest BCUT2D eigenvalue weighted by Crippen LogP contribution is 2.34. The van der Waals surface area contributed by atoms with Crippen LogP contribution in [0.3, 0.4) is 0 Å². The van der Waals surface area contributed by atoms with Crippen LogP contribution in [0.5, 0.6) is 11.5 Å². The van der Waals surface area contributed by atoms with Crippen LogP contribution in [0.15, 0.2) is 29.6 Å². The topological polar surface area (TPSA) is 44.5 Å². The molecule has 0 bridgehead atoms. The molecule has 1 unspecified atom stereocenters. The molecule has 1 aromatic carbocycles. The van der Waals surface area contributed by atoms with Gasteiger partial charge in [0.25, 0.3) is 0 Å². The summed E-state index contributed by atoms with van der Waals surface area (Å²) in [6.07, 6.45) is 0. The maximum Gasteiger partial charge on any atom is 0.129 e. The fraction of sp³-hybridized carbons (Fsp3) is 0.286. The zero-order chi connectivity index (χ0) is 13.1. The standard InChI is InChI=1S/C14H17NO2S/c1-9-4-5-12(17-3)11(6-9)14(15)13-7-10(16-2)8-18-13/h4-8,14H,15H2,1-3H3. The van der Waals surface area contributed by atoms with E-state index in [-0.39, 0.29) is 6.04 Å². The van der Waals surface area contributed by atoms with Crippen molar-refractivity contribution in [2.24, 2.45) is 5.73 Å². The monoisotopic (exact) mass is 263 g/mol. The lowest BCUT2D eigenvalue weighted by atomic mass is 10.0. The van der Waals surface area contributed by atoms with Crippen LogP contribution in [0.4, 0.5) is 0 Å². The predicted molar refractivity (Wildman–Crippen MR) is 74.6 cm³/mol. The van der Waals surface area contributed by atoms with Crippen LogP contribution in [0, 0.1) is 6.92 Å². The highest BCUT2D eigenvalue weighted by atomic mass is 32.1. The van der Waals surface area contributed by atoms with Crippen molar-refractivity contribution in [3.8, 4) is 11.5 Å². The van der Waals surface area contributed by atoms with Crippen molar-refractivity contribution in [1.29, 1.82) is 0 Å². The first-order valence-electron chi connectivity index (χ1n) is 5.68. The minimum atomic E-state index is -0.186. The lowest BCUT2D eigenvalue weighted by molar-refractivity contribution is 0.407. The predicted octanol–water partition coefficient (Wildman–Crippen LogP) is 3.12. The number of nitrogens with two attached hydrogens (primary N) is 1. The maximum atomic E-state index is 6.30. The molecule has 96 valence electrons. The first-order valence-corrected chi connectivity index (χ1v) is 6.56. The van der Waals surface area contributed by atoms with Gasteiger partial charge in [0.05, 0.1) is 20.3 Å². The van der Waals surface area contributed by atoms with Crippen molar-refractivity contribution in [1.82, 2.24) is 0 Å². The Balaban J connectivity index is 2.38. The first-order chi connectivity index (χ1) is 8.65. The van der Waals surface area contributed by atoms with Crippen molar-refractivity contribution in [3.05, 3.63) is 45.6 Å². The van der Waals surface area contributed by atoms with E-state index in [0.717, 1.165) is 21.9 Å². The third kappa shape index (κ3) is 2.49. The van der Waals surface area contributed by atoms with Gasteiger partial charge in [-0.1, -0.05) is 17.7 Å². The van der Waals surface area contributed by atoms with Crippen molar-refractivity contribution in [2.75, 3.05) is 14.2 Å². The van der Waals surface area contributed by atoms with Crippen LogP contribution in [-0.4, -0.2) is 14.2 Å². The molecule has 0 aliphatic carbocycles.